The third kappa shape index (κ3) is 5.23. The summed E-state index contributed by atoms with van der Waals surface area (Å²) >= 11 is 5.91. The van der Waals surface area contributed by atoms with Gasteiger partial charge in [0, 0.05) is 5.02 Å². The molecule has 0 spiro atoms. The van der Waals surface area contributed by atoms with E-state index >= 15 is 0 Å². The first-order valence-corrected chi connectivity index (χ1v) is 12.6. The molecule has 12 heteroatoms. The number of anilines is 2. The fourth-order valence-corrected chi connectivity index (χ4v) is 5.30. The first kappa shape index (κ1) is 26.0. The molecule has 1 aliphatic rings. The Morgan fingerprint density at radius 2 is 1.65 bits per heavy atom. The van der Waals surface area contributed by atoms with Gasteiger partial charge in [0.05, 0.1) is 48.2 Å². The Hall–Kier alpha value is -4.09. The van der Waals surface area contributed by atoms with E-state index in [1.807, 2.05) is 0 Å². The van der Waals surface area contributed by atoms with Crippen LogP contribution in [0.3, 0.4) is 0 Å². The van der Waals surface area contributed by atoms with Crippen molar-refractivity contribution in [3.8, 4) is 5.75 Å². The second kappa shape index (κ2) is 10.5. The van der Waals surface area contributed by atoms with Crippen LogP contribution in [0.2, 0.25) is 5.02 Å². The number of ether oxygens (including phenoxy) is 3. The van der Waals surface area contributed by atoms with Gasteiger partial charge in [-0.05, 0) is 54.6 Å². The van der Waals surface area contributed by atoms with Gasteiger partial charge in [0.15, 0.2) is 6.10 Å². The van der Waals surface area contributed by atoms with Crippen LogP contribution >= 0.6 is 11.6 Å². The van der Waals surface area contributed by atoms with Crippen LogP contribution in [0.15, 0.2) is 71.6 Å². The molecule has 192 valence electrons. The molecule has 1 aliphatic heterocycles. The molecule has 1 amide bonds. The van der Waals surface area contributed by atoms with Gasteiger partial charge in [0.1, 0.15) is 5.75 Å². The van der Waals surface area contributed by atoms with E-state index in [4.69, 9.17) is 25.8 Å². The van der Waals surface area contributed by atoms with E-state index in [2.05, 4.69) is 5.32 Å². The zero-order valence-corrected chi connectivity index (χ0v) is 21.2. The summed E-state index contributed by atoms with van der Waals surface area (Å²) in [4.78, 5) is 37.5. The van der Waals surface area contributed by atoms with E-state index in [1.165, 1.54) is 62.8 Å². The number of para-hydroxylation sites is 2. The Morgan fingerprint density at radius 3 is 2.32 bits per heavy atom. The minimum absolute atomic E-state index is 0.0217. The summed E-state index contributed by atoms with van der Waals surface area (Å²) in [6, 6.07) is 15.9. The third-order valence-electron chi connectivity index (χ3n) is 5.53. The molecule has 3 aromatic carbocycles. The molecular formula is C25H21ClN2O8S. The van der Waals surface area contributed by atoms with Crippen molar-refractivity contribution < 1.29 is 37.0 Å². The van der Waals surface area contributed by atoms with E-state index < -0.39 is 34.0 Å². The summed E-state index contributed by atoms with van der Waals surface area (Å²) in [6.07, 6.45) is -1.30. The summed E-state index contributed by atoms with van der Waals surface area (Å²) in [7, 11) is -1.74. The SMILES string of the molecule is COC(=O)c1ccc(C(=O)OC)c(NC(=O)C2CN(S(=O)(=O)c3ccc(Cl)cc3)c3ccccc3O2)c1. The molecule has 1 unspecified atom stereocenters. The molecule has 0 aromatic heterocycles. The second-order valence-corrected chi connectivity index (χ2v) is 10.1. The number of nitrogens with zero attached hydrogens (tertiary/aromatic N) is 1. The van der Waals surface area contributed by atoms with Crippen LogP contribution in [0.1, 0.15) is 20.7 Å². The Kier molecular flexibility index (Phi) is 7.37. The van der Waals surface area contributed by atoms with Crippen molar-refractivity contribution in [3.05, 3.63) is 82.9 Å². The molecule has 10 nitrogen and oxygen atoms in total. The minimum Gasteiger partial charge on any atom is -0.476 e. The summed E-state index contributed by atoms with van der Waals surface area (Å²) in [5.74, 6) is -2.02. The van der Waals surface area contributed by atoms with Crippen molar-refractivity contribution in [2.45, 2.75) is 11.0 Å². The number of carbonyl (C=O) groups excluding carboxylic acids is 3. The van der Waals surface area contributed by atoms with Gasteiger partial charge >= 0.3 is 11.9 Å². The van der Waals surface area contributed by atoms with E-state index in [1.54, 1.807) is 18.2 Å². The summed E-state index contributed by atoms with van der Waals surface area (Å²) in [6.45, 7) is -0.363. The molecule has 0 bridgehead atoms. The number of hydrogen-bond donors (Lipinski definition) is 1. The van der Waals surface area contributed by atoms with Crippen LogP contribution in [-0.4, -0.2) is 53.1 Å². The molecule has 0 fully saturated rings. The van der Waals surface area contributed by atoms with Crippen LogP contribution < -0.4 is 14.4 Å². The third-order valence-corrected chi connectivity index (χ3v) is 7.58. The molecule has 4 rings (SSSR count). The number of methoxy groups -OCH3 is 2. The lowest BCUT2D eigenvalue weighted by Crippen LogP contribution is -2.48. The number of sulfonamides is 1. The predicted molar refractivity (Wildman–Crippen MR) is 135 cm³/mol. The average molecular weight is 545 g/mol. The lowest BCUT2D eigenvalue weighted by Gasteiger charge is -2.34. The zero-order valence-electron chi connectivity index (χ0n) is 19.6. The van der Waals surface area contributed by atoms with Gasteiger partial charge in [0.25, 0.3) is 15.9 Å². The Bertz CT molecular complexity index is 1470. The number of halogens is 1. The number of rotatable bonds is 6. The number of nitrogens with one attached hydrogen (secondary N) is 1. The van der Waals surface area contributed by atoms with Gasteiger partial charge in [0.2, 0.25) is 0 Å². The highest BCUT2D eigenvalue weighted by molar-refractivity contribution is 7.92. The average Bonchev–Trinajstić information content (AvgIpc) is 2.91. The first-order valence-electron chi connectivity index (χ1n) is 10.8. The van der Waals surface area contributed by atoms with Crippen molar-refractivity contribution >= 4 is 50.8 Å². The van der Waals surface area contributed by atoms with Crippen molar-refractivity contribution in [2.75, 3.05) is 30.4 Å². The van der Waals surface area contributed by atoms with Gasteiger partial charge in [-0.25, -0.2) is 18.0 Å². The molecule has 0 saturated carbocycles. The standard InChI is InChI=1S/C25H21ClN2O8S/c1-34-24(30)15-7-12-18(25(31)35-2)19(13-15)27-23(29)22-14-28(20-5-3-4-6-21(20)36-22)37(32,33)17-10-8-16(26)9-11-17/h3-13,22H,14H2,1-2H3,(H,27,29). The van der Waals surface area contributed by atoms with Crippen molar-refractivity contribution in [1.29, 1.82) is 0 Å². The summed E-state index contributed by atoms with van der Waals surface area (Å²) in [5, 5.41) is 2.92. The highest BCUT2D eigenvalue weighted by atomic mass is 35.5. The molecule has 0 aliphatic carbocycles. The number of benzene rings is 3. The molecule has 1 atom stereocenters. The number of carbonyl (C=O) groups is 3. The van der Waals surface area contributed by atoms with E-state index in [9.17, 15) is 22.8 Å². The molecule has 1 heterocycles. The highest BCUT2D eigenvalue weighted by Crippen LogP contribution is 2.37. The normalized spacial score (nSPS) is 14.7. The molecule has 3 aromatic rings. The summed E-state index contributed by atoms with van der Waals surface area (Å²) in [5.41, 5.74) is 0.274. The lowest BCUT2D eigenvalue weighted by molar-refractivity contribution is -0.122. The zero-order chi connectivity index (χ0) is 26.7. The van der Waals surface area contributed by atoms with Gasteiger partial charge in [-0.3, -0.25) is 9.10 Å². The number of esters is 2. The van der Waals surface area contributed by atoms with Gasteiger partial charge in [-0.1, -0.05) is 23.7 Å². The molecule has 1 N–H and O–H groups in total. The monoisotopic (exact) mass is 544 g/mol. The van der Waals surface area contributed by atoms with Crippen molar-refractivity contribution in [2.24, 2.45) is 0 Å². The lowest BCUT2D eigenvalue weighted by atomic mass is 10.1. The van der Waals surface area contributed by atoms with Crippen LogP contribution in [0.25, 0.3) is 0 Å². The van der Waals surface area contributed by atoms with Crippen LogP contribution in [0, 0.1) is 0 Å². The fraction of sp³-hybridized carbons (Fsp3) is 0.160. The maximum atomic E-state index is 13.5. The van der Waals surface area contributed by atoms with E-state index in [-0.39, 0.29) is 39.7 Å². The van der Waals surface area contributed by atoms with Gasteiger partial charge < -0.3 is 19.5 Å². The Balaban J connectivity index is 1.69. The van der Waals surface area contributed by atoms with Crippen LogP contribution in [0.4, 0.5) is 11.4 Å². The van der Waals surface area contributed by atoms with Crippen LogP contribution in [0.5, 0.6) is 5.75 Å². The molecule has 37 heavy (non-hydrogen) atoms. The maximum absolute atomic E-state index is 13.5. The van der Waals surface area contributed by atoms with Gasteiger partial charge in [-0.15, -0.1) is 0 Å². The smallest absolute Gasteiger partial charge is 0.339 e. The first-order chi connectivity index (χ1) is 17.6. The van der Waals surface area contributed by atoms with Crippen molar-refractivity contribution in [1.82, 2.24) is 0 Å². The van der Waals surface area contributed by atoms with Crippen molar-refractivity contribution in [3.63, 3.8) is 0 Å². The maximum Gasteiger partial charge on any atom is 0.339 e. The van der Waals surface area contributed by atoms with E-state index in [0.29, 0.717) is 5.02 Å². The number of amides is 1. The largest absolute Gasteiger partial charge is 0.476 e. The van der Waals surface area contributed by atoms with E-state index in [0.717, 1.165) is 4.31 Å². The fourth-order valence-electron chi connectivity index (χ4n) is 3.69. The molecular weight excluding hydrogens is 524 g/mol. The predicted octanol–water partition coefficient (Wildman–Crippen LogP) is 3.51. The number of hydrogen-bond acceptors (Lipinski definition) is 8. The Morgan fingerprint density at radius 1 is 0.973 bits per heavy atom. The highest BCUT2D eigenvalue weighted by Gasteiger charge is 2.38. The number of fused-ring (bicyclic) bond motifs is 1. The summed E-state index contributed by atoms with van der Waals surface area (Å²) < 4.78 is 43.4. The van der Waals surface area contributed by atoms with Crippen LogP contribution in [-0.2, 0) is 24.3 Å². The Labute approximate surface area is 217 Å². The minimum atomic E-state index is -4.10. The van der Waals surface area contributed by atoms with Gasteiger partial charge in [-0.2, -0.15) is 0 Å². The molecule has 0 radical (unpaired) electrons. The quantitative estimate of drug-likeness (QED) is 0.467. The second-order valence-electron chi connectivity index (χ2n) is 7.80. The molecule has 0 saturated heterocycles. The topological polar surface area (TPSA) is 128 Å².